The van der Waals surface area contributed by atoms with Crippen molar-refractivity contribution in [1.82, 2.24) is 4.90 Å². The topological polar surface area (TPSA) is 80.6 Å². The zero-order valence-corrected chi connectivity index (χ0v) is 19.0. The number of aryl methyl sites for hydroxylation is 1. The number of nitrogens with zero attached hydrogens (tertiary/aromatic N) is 2. The van der Waals surface area contributed by atoms with Gasteiger partial charge < -0.3 is 19.3 Å². The zero-order valence-electron chi connectivity index (χ0n) is 19.0. The van der Waals surface area contributed by atoms with Crippen LogP contribution in [-0.4, -0.2) is 62.1 Å². The van der Waals surface area contributed by atoms with Crippen LogP contribution in [0.1, 0.15) is 37.3 Å². The van der Waals surface area contributed by atoms with Crippen LogP contribution in [0, 0.1) is 18.8 Å². The average Bonchev–Trinajstić information content (AvgIpc) is 3.09. The molecule has 3 aliphatic heterocycles. The third-order valence-corrected chi connectivity index (χ3v) is 7.24. The molecule has 4 atom stereocenters. The first-order valence-corrected chi connectivity index (χ1v) is 10.9. The Bertz CT molecular complexity index is 940. The van der Waals surface area contributed by atoms with Crippen molar-refractivity contribution in [2.75, 3.05) is 34.4 Å². The van der Waals surface area contributed by atoms with E-state index in [0.717, 1.165) is 42.0 Å². The molecular weight excluding hydrogens is 396 g/mol. The van der Waals surface area contributed by atoms with Gasteiger partial charge in [-0.25, -0.2) is 4.79 Å². The van der Waals surface area contributed by atoms with Gasteiger partial charge in [-0.2, -0.15) is 0 Å². The number of benzene rings is 1. The smallest absolute Gasteiger partial charge is 0.337 e. The summed E-state index contributed by atoms with van der Waals surface area (Å²) in [5.74, 6) is 0.611. The molecule has 1 aromatic carbocycles. The lowest BCUT2D eigenvalue weighted by Crippen LogP contribution is -2.60. The van der Waals surface area contributed by atoms with Crippen LogP contribution in [-0.2, 0) is 19.9 Å². The zero-order chi connectivity index (χ0) is 22.3. The van der Waals surface area contributed by atoms with Gasteiger partial charge in [0.15, 0.2) is 0 Å². The van der Waals surface area contributed by atoms with Crippen molar-refractivity contribution in [2.45, 2.75) is 44.8 Å². The summed E-state index contributed by atoms with van der Waals surface area (Å²) < 4.78 is 16.0. The van der Waals surface area contributed by atoms with Gasteiger partial charge >= 0.3 is 5.97 Å². The first-order valence-electron chi connectivity index (χ1n) is 10.9. The second-order valence-corrected chi connectivity index (χ2v) is 8.74. The minimum atomic E-state index is -1.14. The van der Waals surface area contributed by atoms with Crippen molar-refractivity contribution in [2.24, 2.45) is 16.8 Å². The number of hydrogen-bond donors (Lipinski definition) is 1. The normalized spacial score (nSPS) is 30.1. The van der Waals surface area contributed by atoms with Crippen molar-refractivity contribution in [3.63, 3.8) is 0 Å². The van der Waals surface area contributed by atoms with Gasteiger partial charge in [-0.1, -0.05) is 19.4 Å². The van der Waals surface area contributed by atoms with Gasteiger partial charge in [0.25, 0.3) is 0 Å². The second kappa shape index (κ2) is 8.28. The highest BCUT2D eigenvalue weighted by Gasteiger charge is 2.54. The predicted octanol–water partition coefficient (Wildman–Crippen LogP) is 3.10. The van der Waals surface area contributed by atoms with Crippen molar-refractivity contribution < 1.29 is 24.1 Å². The van der Waals surface area contributed by atoms with E-state index in [0.29, 0.717) is 30.1 Å². The molecular formula is C24H32N2O5. The highest BCUT2D eigenvalue weighted by molar-refractivity contribution is 6.05. The van der Waals surface area contributed by atoms with Crippen molar-refractivity contribution in [3.05, 3.63) is 35.1 Å². The van der Waals surface area contributed by atoms with E-state index in [1.54, 1.807) is 14.2 Å². The molecule has 1 N–H and O–H groups in total. The number of rotatable bonds is 5. The molecule has 4 rings (SSSR count). The fourth-order valence-corrected chi connectivity index (χ4v) is 5.69. The number of piperidine rings is 2. The highest BCUT2D eigenvalue weighted by atomic mass is 16.5. The van der Waals surface area contributed by atoms with E-state index < -0.39 is 5.60 Å². The Kier molecular flexibility index (Phi) is 5.83. The van der Waals surface area contributed by atoms with Crippen molar-refractivity contribution in [3.8, 4) is 5.75 Å². The maximum atomic E-state index is 12.5. The predicted molar refractivity (Wildman–Crippen MR) is 118 cm³/mol. The van der Waals surface area contributed by atoms with Crippen LogP contribution in [0.5, 0.6) is 5.75 Å². The lowest BCUT2D eigenvalue weighted by Gasteiger charge is -2.50. The summed E-state index contributed by atoms with van der Waals surface area (Å²) >= 11 is 0. The summed E-state index contributed by atoms with van der Waals surface area (Å²) in [6, 6.07) is 3.88. The lowest BCUT2D eigenvalue weighted by molar-refractivity contribution is -0.137. The Morgan fingerprint density at radius 2 is 2.13 bits per heavy atom. The number of aliphatic hydroxyl groups is 1. The van der Waals surface area contributed by atoms with E-state index >= 15 is 0 Å². The third-order valence-electron chi connectivity index (χ3n) is 7.24. The van der Waals surface area contributed by atoms with Gasteiger partial charge in [0.05, 0.1) is 56.2 Å². The monoisotopic (exact) mass is 428 g/mol. The van der Waals surface area contributed by atoms with Crippen molar-refractivity contribution in [1.29, 1.82) is 0 Å². The molecule has 3 aliphatic rings. The quantitative estimate of drug-likeness (QED) is 0.441. The van der Waals surface area contributed by atoms with E-state index in [9.17, 15) is 9.90 Å². The first kappa shape index (κ1) is 21.8. The number of methoxy groups -OCH3 is 3. The molecule has 2 fully saturated rings. The lowest BCUT2D eigenvalue weighted by atomic mass is 9.70. The fourth-order valence-electron chi connectivity index (χ4n) is 5.69. The molecule has 0 bridgehead atoms. The number of hydrogen-bond acceptors (Lipinski definition) is 7. The minimum Gasteiger partial charge on any atom is -0.504 e. The Morgan fingerprint density at radius 3 is 2.77 bits per heavy atom. The standard InChI is InChI=1S/C24H32N2O5/c1-6-15-12-26-10-9-24(28)20-18(8-7-14(2)21(20)30-4)25-22(24)19(26)11-16(15)17(13-29-3)23(27)31-5/h7-8,13,15-16,19,28H,6,9-12H2,1-5H3/b17-13+/t15-,16+,19+,24+/m1/s1. The molecule has 0 aliphatic carbocycles. The summed E-state index contributed by atoms with van der Waals surface area (Å²) in [6.45, 7) is 5.74. The summed E-state index contributed by atoms with van der Waals surface area (Å²) in [6.07, 6.45) is 3.71. The fraction of sp³-hybridized carbons (Fsp3) is 0.583. The Labute approximate surface area is 183 Å². The summed E-state index contributed by atoms with van der Waals surface area (Å²) in [5.41, 5.74) is 2.70. The minimum absolute atomic E-state index is 0.0314. The Hall–Kier alpha value is -2.38. The number of carbonyl (C=O) groups is 1. The molecule has 1 aromatic rings. The molecule has 7 heteroatoms. The average molecular weight is 429 g/mol. The molecule has 0 unspecified atom stereocenters. The molecule has 0 spiro atoms. The van der Waals surface area contributed by atoms with Crippen LogP contribution in [0.25, 0.3) is 0 Å². The van der Waals surface area contributed by atoms with Gasteiger partial charge in [-0.05, 0) is 43.2 Å². The molecule has 0 saturated carbocycles. The van der Waals surface area contributed by atoms with Crippen LogP contribution in [0.15, 0.2) is 29.0 Å². The SMILES string of the molecule is CC[C@@H]1CN2CC[C@@]3(O)C(=Nc4ccc(C)c(OC)c43)[C@@H]2C[C@@H]1/C(=C\OC)C(=O)OC. The van der Waals surface area contributed by atoms with E-state index in [4.69, 9.17) is 19.2 Å². The van der Waals surface area contributed by atoms with Crippen molar-refractivity contribution >= 4 is 17.4 Å². The maximum absolute atomic E-state index is 12.5. The van der Waals surface area contributed by atoms with E-state index in [1.165, 1.54) is 13.4 Å². The number of ether oxygens (including phenoxy) is 3. The van der Waals surface area contributed by atoms with Crippen LogP contribution >= 0.6 is 0 Å². The molecule has 168 valence electrons. The van der Waals surface area contributed by atoms with E-state index in [1.807, 2.05) is 19.1 Å². The molecule has 0 amide bonds. The van der Waals surface area contributed by atoms with Gasteiger partial charge in [0.1, 0.15) is 11.4 Å². The van der Waals surface area contributed by atoms with Gasteiger partial charge in [-0.15, -0.1) is 0 Å². The Morgan fingerprint density at radius 1 is 1.35 bits per heavy atom. The highest BCUT2D eigenvalue weighted by Crippen LogP contribution is 2.52. The molecule has 7 nitrogen and oxygen atoms in total. The summed E-state index contributed by atoms with van der Waals surface area (Å²) in [4.78, 5) is 19.9. The molecule has 2 saturated heterocycles. The van der Waals surface area contributed by atoms with Crippen LogP contribution < -0.4 is 4.74 Å². The second-order valence-electron chi connectivity index (χ2n) is 8.74. The largest absolute Gasteiger partial charge is 0.504 e. The van der Waals surface area contributed by atoms with Gasteiger partial charge in [-0.3, -0.25) is 9.89 Å². The van der Waals surface area contributed by atoms with Crippen LogP contribution in [0.4, 0.5) is 5.69 Å². The van der Waals surface area contributed by atoms with Gasteiger partial charge in [0, 0.05) is 13.1 Å². The first-order chi connectivity index (χ1) is 14.9. The summed E-state index contributed by atoms with van der Waals surface area (Å²) in [7, 11) is 4.58. The van der Waals surface area contributed by atoms with Gasteiger partial charge in [0.2, 0.25) is 0 Å². The Balaban J connectivity index is 1.74. The van der Waals surface area contributed by atoms with Crippen LogP contribution in [0.2, 0.25) is 0 Å². The molecule has 0 radical (unpaired) electrons. The molecule has 0 aromatic heterocycles. The summed E-state index contributed by atoms with van der Waals surface area (Å²) in [5, 5.41) is 11.9. The molecule has 31 heavy (non-hydrogen) atoms. The third kappa shape index (κ3) is 3.34. The van der Waals surface area contributed by atoms with E-state index in [2.05, 4.69) is 11.8 Å². The molecule has 3 heterocycles. The number of fused-ring (bicyclic) bond motifs is 5. The van der Waals surface area contributed by atoms with E-state index in [-0.39, 0.29) is 17.9 Å². The number of aliphatic imine (C=N–C) groups is 1. The number of carbonyl (C=O) groups excluding carboxylic acids is 1. The number of esters is 1. The maximum Gasteiger partial charge on any atom is 0.337 e. The van der Waals surface area contributed by atoms with Crippen LogP contribution in [0.3, 0.4) is 0 Å².